The number of amides is 2. The average molecular weight is 310 g/mol. The van der Waals surface area contributed by atoms with Crippen molar-refractivity contribution in [2.24, 2.45) is 5.73 Å². The molecule has 0 radical (unpaired) electrons. The fraction of sp³-hybridized carbons (Fsp3) is 0.357. The van der Waals surface area contributed by atoms with Crippen molar-refractivity contribution in [2.45, 2.75) is 30.7 Å². The van der Waals surface area contributed by atoms with Gasteiger partial charge in [-0.25, -0.2) is 4.79 Å². The largest absolute Gasteiger partial charge is 0.480 e. The van der Waals surface area contributed by atoms with Crippen molar-refractivity contribution in [3.63, 3.8) is 0 Å². The summed E-state index contributed by atoms with van der Waals surface area (Å²) in [6, 6.07) is 6.52. The number of thioether (sulfide) groups is 1. The van der Waals surface area contributed by atoms with E-state index in [-0.39, 0.29) is 24.5 Å². The minimum Gasteiger partial charge on any atom is -0.480 e. The van der Waals surface area contributed by atoms with Gasteiger partial charge >= 0.3 is 5.97 Å². The number of nitrogens with one attached hydrogen (secondary N) is 1. The van der Waals surface area contributed by atoms with Gasteiger partial charge in [-0.05, 0) is 25.0 Å². The second-order valence-electron chi connectivity index (χ2n) is 4.52. The number of rotatable bonds is 8. The molecule has 21 heavy (non-hydrogen) atoms. The number of primary amides is 1. The zero-order valence-corrected chi connectivity index (χ0v) is 12.5. The minimum atomic E-state index is -1.18. The Hall–Kier alpha value is -2.02. The van der Waals surface area contributed by atoms with Crippen LogP contribution in [0.3, 0.4) is 0 Å². The normalized spacial score (nSPS) is 11.7. The first kappa shape index (κ1) is 17.0. The third-order valence-corrected chi connectivity index (χ3v) is 3.94. The summed E-state index contributed by atoms with van der Waals surface area (Å²) in [5, 5.41) is 11.4. The van der Waals surface area contributed by atoms with E-state index in [0.717, 1.165) is 10.5 Å². The van der Waals surface area contributed by atoms with Crippen LogP contribution < -0.4 is 11.1 Å². The van der Waals surface area contributed by atoms with Crippen LogP contribution in [0.4, 0.5) is 0 Å². The molecule has 0 aliphatic rings. The molecule has 1 atom stereocenters. The second-order valence-corrected chi connectivity index (χ2v) is 5.53. The topological polar surface area (TPSA) is 109 Å². The standard InChI is InChI=1S/C14H18N2O4S/c1-9-4-2-3-5-11(9)21-8-13(18)16-10(14(19)20)6-7-12(15)17/h2-5,10H,6-8H2,1H3,(H2,15,17)(H,16,18)(H,19,20)/t10-/m0/s1. The number of hydrogen-bond donors (Lipinski definition) is 3. The van der Waals surface area contributed by atoms with Crippen molar-refractivity contribution in [1.82, 2.24) is 5.32 Å². The Kier molecular flexibility index (Phi) is 6.74. The van der Waals surface area contributed by atoms with Crippen LogP contribution in [-0.4, -0.2) is 34.7 Å². The lowest BCUT2D eigenvalue weighted by molar-refractivity contribution is -0.141. The number of nitrogens with two attached hydrogens (primary N) is 1. The van der Waals surface area contributed by atoms with Crippen LogP contribution in [0.15, 0.2) is 29.2 Å². The van der Waals surface area contributed by atoms with Gasteiger partial charge in [0, 0.05) is 11.3 Å². The van der Waals surface area contributed by atoms with E-state index in [1.807, 2.05) is 31.2 Å². The maximum atomic E-state index is 11.8. The predicted octanol–water partition coefficient (Wildman–Crippen LogP) is 0.922. The molecule has 1 aromatic rings. The molecule has 4 N–H and O–H groups in total. The third kappa shape index (κ3) is 6.31. The van der Waals surface area contributed by atoms with Gasteiger partial charge in [-0.2, -0.15) is 0 Å². The third-order valence-electron chi connectivity index (χ3n) is 2.77. The van der Waals surface area contributed by atoms with E-state index in [4.69, 9.17) is 10.8 Å². The summed E-state index contributed by atoms with van der Waals surface area (Å²) in [5.74, 6) is -2.04. The van der Waals surface area contributed by atoms with E-state index in [0.29, 0.717) is 0 Å². The zero-order chi connectivity index (χ0) is 15.8. The first-order chi connectivity index (χ1) is 9.90. The maximum absolute atomic E-state index is 11.8. The lowest BCUT2D eigenvalue weighted by Crippen LogP contribution is -2.42. The summed E-state index contributed by atoms with van der Waals surface area (Å²) < 4.78 is 0. The summed E-state index contributed by atoms with van der Waals surface area (Å²) in [7, 11) is 0. The van der Waals surface area contributed by atoms with Gasteiger partial charge < -0.3 is 16.2 Å². The summed E-state index contributed by atoms with van der Waals surface area (Å²) in [6.07, 6.45) is -0.0897. The van der Waals surface area contributed by atoms with E-state index in [9.17, 15) is 14.4 Å². The van der Waals surface area contributed by atoms with Crippen LogP contribution in [-0.2, 0) is 14.4 Å². The molecule has 0 aliphatic carbocycles. The maximum Gasteiger partial charge on any atom is 0.326 e. The fourth-order valence-corrected chi connectivity index (χ4v) is 2.48. The molecule has 0 spiro atoms. The van der Waals surface area contributed by atoms with Crippen LogP contribution in [0, 0.1) is 6.92 Å². The Labute approximate surface area is 127 Å². The van der Waals surface area contributed by atoms with Gasteiger partial charge in [-0.3, -0.25) is 9.59 Å². The molecule has 0 aliphatic heterocycles. The Morgan fingerprint density at radius 2 is 2.00 bits per heavy atom. The summed E-state index contributed by atoms with van der Waals surface area (Å²) in [5.41, 5.74) is 6.03. The number of aryl methyl sites for hydroxylation is 1. The van der Waals surface area contributed by atoms with E-state index < -0.39 is 17.9 Å². The Morgan fingerprint density at radius 1 is 1.33 bits per heavy atom. The molecule has 0 unspecified atom stereocenters. The van der Waals surface area contributed by atoms with E-state index in [1.165, 1.54) is 11.8 Å². The van der Waals surface area contributed by atoms with Crippen LogP contribution >= 0.6 is 11.8 Å². The van der Waals surface area contributed by atoms with Crippen molar-refractivity contribution in [3.8, 4) is 0 Å². The Balaban J connectivity index is 2.49. The number of benzene rings is 1. The molecule has 2 amide bonds. The molecular weight excluding hydrogens is 292 g/mol. The lowest BCUT2D eigenvalue weighted by atomic mass is 10.1. The minimum absolute atomic E-state index is 0.00849. The van der Waals surface area contributed by atoms with E-state index in [2.05, 4.69) is 5.32 Å². The summed E-state index contributed by atoms with van der Waals surface area (Å²) in [6.45, 7) is 1.94. The number of carbonyl (C=O) groups is 3. The van der Waals surface area contributed by atoms with Gasteiger partial charge in [0.15, 0.2) is 0 Å². The van der Waals surface area contributed by atoms with Crippen LogP contribution in [0.2, 0.25) is 0 Å². The fourth-order valence-electron chi connectivity index (χ4n) is 1.64. The highest BCUT2D eigenvalue weighted by molar-refractivity contribution is 8.00. The summed E-state index contributed by atoms with van der Waals surface area (Å²) >= 11 is 1.34. The molecule has 6 nitrogen and oxygen atoms in total. The number of hydrogen-bond acceptors (Lipinski definition) is 4. The van der Waals surface area contributed by atoms with Gasteiger partial charge in [0.25, 0.3) is 0 Å². The molecule has 0 aromatic heterocycles. The van der Waals surface area contributed by atoms with E-state index >= 15 is 0 Å². The highest BCUT2D eigenvalue weighted by atomic mass is 32.2. The van der Waals surface area contributed by atoms with Crippen molar-refractivity contribution < 1.29 is 19.5 Å². The SMILES string of the molecule is Cc1ccccc1SCC(=O)N[C@@H](CCC(N)=O)C(=O)O. The van der Waals surface area contributed by atoms with Gasteiger partial charge in [0.05, 0.1) is 5.75 Å². The molecule has 7 heteroatoms. The van der Waals surface area contributed by atoms with Gasteiger partial charge in [-0.15, -0.1) is 11.8 Å². The smallest absolute Gasteiger partial charge is 0.326 e. The molecule has 1 aromatic carbocycles. The lowest BCUT2D eigenvalue weighted by Gasteiger charge is -2.13. The number of carboxylic acid groups (broad SMARTS) is 1. The molecule has 114 valence electrons. The van der Waals surface area contributed by atoms with E-state index in [1.54, 1.807) is 0 Å². The quantitative estimate of drug-likeness (QED) is 0.619. The van der Waals surface area contributed by atoms with Crippen molar-refractivity contribution >= 4 is 29.5 Å². The number of carboxylic acids is 1. The number of aliphatic carboxylic acids is 1. The molecular formula is C14H18N2O4S. The molecule has 0 bridgehead atoms. The predicted molar refractivity (Wildman–Crippen MR) is 79.9 cm³/mol. The first-order valence-electron chi connectivity index (χ1n) is 6.39. The van der Waals surface area contributed by atoms with Gasteiger partial charge in [0.1, 0.15) is 6.04 Å². The van der Waals surface area contributed by atoms with Crippen molar-refractivity contribution in [1.29, 1.82) is 0 Å². The van der Waals surface area contributed by atoms with Crippen LogP contribution in [0.1, 0.15) is 18.4 Å². The number of carbonyl (C=O) groups excluding carboxylic acids is 2. The second kappa shape index (κ2) is 8.31. The summed E-state index contributed by atoms with van der Waals surface area (Å²) in [4.78, 5) is 34.4. The van der Waals surface area contributed by atoms with Crippen LogP contribution in [0.25, 0.3) is 0 Å². The average Bonchev–Trinajstić information content (AvgIpc) is 2.42. The Morgan fingerprint density at radius 3 is 2.57 bits per heavy atom. The van der Waals surface area contributed by atoms with Gasteiger partial charge in [0.2, 0.25) is 11.8 Å². The molecule has 0 saturated heterocycles. The van der Waals surface area contributed by atoms with Crippen molar-refractivity contribution in [3.05, 3.63) is 29.8 Å². The van der Waals surface area contributed by atoms with Crippen LogP contribution in [0.5, 0.6) is 0 Å². The highest BCUT2D eigenvalue weighted by Crippen LogP contribution is 2.21. The Bertz CT molecular complexity index is 533. The highest BCUT2D eigenvalue weighted by Gasteiger charge is 2.20. The molecule has 0 heterocycles. The monoisotopic (exact) mass is 310 g/mol. The molecule has 0 fully saturated rings. The molecule has 0 saturated carbocycles. The van der Waals surface area contributed by atoms with Crippen molar-refractivity contribution in [2.75, 3.05) is 5.75 Å². The van der Waals surface area contributed by atoms with Gasteiger partial charge in [-0.1, -0.05) is 18.2 Å². The zero-order valence-electron chi connectivity index (χ0n) is 11.7. The first-order valence-corrected chi connectivity index (χ1v) is 7.37. The molecule has 1 rings (SSSR count).